The lowest BCUT2D eigenvalue weighted by molar-refractivity contribution is 0.0809. The smallest absolute Gasteiger partial charge is 0.170 e. The van der Waals surface area contributed by atoms with Crippen molar-refractivity contribution in [2.45, 2.75) is 26.7 Å². The number of ketones is 1. The van der Waals surface area contributed by atoms with Gasteiger partial charge in [0.05, 0.1) is 22.3 Å². The molecule has 0 fully saturated rings. The Balaban J connectivity index is 1.93. The second-order valence-electron chi connectivity index (χ2n) is 5.52. The highest BCUT2D eigenvalue weighted by atomic mass is 32.1. The molecule has 100 valence electrons. The van der Waals surface area contributed by atoms with Crippen molar-refractivity contribution in [1.29, 1.82) is 0 Å². The van der Waals surface area contributed by atoms with Gasteiger partial charge in [-0.25, -0.2) is 4.98 Å². The van der Waals surface area contributed by atoms with E-state index in [1.54, 1.807) is 11.7 Å². The Morgan fingerprint density at radius 1 is 1.30 bits per heavy atom. The fraction of sp³-hybridized carbons (Fsp3) is 0.312. The third-order valence-corrected chi connectivity index (χ3v) is 4.25. The van der Waals surface area contributed by atoms with Crippen LogP contribution in [0.5, 0.6) is 0 Å². The van der Waals surface area contributed by atoms with Crippen LogP contribution in [-0.2, 0) is 6.42 Å². The molecular weight excluding hydrogens is 268 g/mol. The van der Waals surface area contributed by atoms with Crippen molar-refractivity contribution >= 4 is 17.1 Å². The summed E-state index contributed by atoms with van der Waals surface area (Å²) >= 11 is 1.50. The molecule has 0 radical (unpaired) electrons. The van der Waals surface area contributed by atoms with Gasteiger partial charge in [-0.05, 0) is 36.8 Å². The van der Waals surface area contributed by atoms with Crippen LogP contribution in [0.2, 0.25) is 0 Å². The monoisotopic (exact) mass is 282 g/mol. The number of carbonyl (C=O) groups excluding carboxylic acids is 1. The van der Waals surface area contributed by atoms with Crippen molar-refractivity contribution in [2.75, 3.05) is 0 Å². The number of aryl methyl sites for hydroxylation is 1. The molecule has 2 aromatic heterocycles. The summed E-state index contributed by atoms with van der Waals surface area (Å²) in [6.07, 6.45) is 3.42. The molecule has 0 atom stereocenters. The van der Waals surface area contributed by atoms with E-state index < -0.39 is 0 Å². The van der Waals surface area contributed by atoms with Crippen molar-refractivity contribution in [3.63, 3.8) is 0 Å². The first-order chi connectivity index (χ1) is 9.56. The summed E-state index contributed by atoms with van der Waals surface area (Å²) in [6.45, 7) is 3.99. The fourth-order valence-corrected chi connectivity index (χ4v) is 2.75. The summed E-state index contributed by atoms with van der Waals surface area (Å²) in [7, 11) is 0. The predicted octanol–water partition coefficient (Wildman–Crippen LogP) is 3.09. The van der Waals surface area contributed by atoms with E-state index in [1.165, 1.54) is 11.3 Å². The highest BCUT2D eigenvalue weighted by Crippen LogP contribution is 2.33. The summed E-state index contributed by atoms with van der Waals surface area (Å²) in [5.74, 6) is 6.25. The number of aromatic nitrogens is 2. The number of nitrogens with zero attached hydrogens (tertiary/aromatic N) is 2. The average molecular weight is 282 g/mol. The van der Waals surface area contributed by atoms with E-state index in [2.05, 4.69) is 21.8 Å². The van der Waals surface area contributed by atoms with Crippen molar-refractivity contribution in [3.8, 4) is 11.8 Å². The topological polar surface area (TPSA) is 42.9 Å². The Hall–Kier alpha value is -1.99. The van der Waals surface area contributed by atoms with Crippen LogP contribution in [0.1, 0.15) is 46.9 Å². The van der Waals surface area contributed by atoms with Gasteiger partial charge >= 0.3 is 0 Å². The maximum absolute atomic E-state index is 12.3. The van der Waals surface area contributed by atoms with Gasteiger partial charge in [0.2, 0.25) is 0 Å². The van der Waals surface area contributed by atoms with Crippen molar-refractivity contribution < 1.29 is 4.79 Å². The van der Waals surface area contributed by atoms with E-state index in [4.69, 9.17) is 0 Å². The minimum atomic E-state index is -0.273. The van der Waals surface area contributed by atoms with Crippen LogP contribution in [0.3, 0.4) is 0 Å². The Morgan fingerprint density at radius 3 is 2.90 bits per heavy atom. The minimum absolute atomic E-state index is 0.188. The molecule has 0 amide bonds. The van der Waals surface area contributed by atoms with Crippen LogP contribution in [0.25, 0.3) is 0 Å². The minimum Gasteiger partial charge on any atom is -0.294 e. The zero-order valence-electron chi connectivity index (χ0n) is 11.4. The lowest BCUT2D eigenvalue weighted by atomic mass is 9.75. The molecule has 0 aliphatic heterocycles. The van der Waals surface area contributed by atoms with Crippen molar-refractivity contribution in [1.82, 2.24) is 9.97 Å². The van der Waals surface area contributed by atoms with Crippen LogP contribution in [0.4, 0.5) is 0 Å². The first-order valence-corrected chi connectivity index (χ1v) is 7.39. The molecule has 1 aliphatic rings. The molecule has 0 saturated carbocycles. The molecule has 0 bridgehead atoms. The SMILES string of the molecule is CC1(C)CCc2nc(C#Cc3cncs3)ccc2C1=O. The van der Waals surface area contributed by atoms with E-state index in [0.717, 1.165) is 29.0 Å². The zero-order chi connectivity index (χ0) is 14.2. The Bertz CT molecular complexity index is 721. The molecule has 3 nitrogen and oxygen atoms in total. The lowest BCUT2D eigenvalue weighted by Crippen LogP contribution is -2.31. The number of thiazole rings is 1. The predicted molar refractivity (Wildman–Crippen MR) is 78.8 cm³/mol. The summed E-state index contributed by atoms with van der Waals surface area (Å²) in [5.41, 5.74) is 3.83. The molecular formula is C16H14N2OS. The van der Waals surface area contributed by atoms with Gasteiger partial charge < -0.3 is 0 Å². The second kappa shape index (κ2) is 4.84. The maximum atomic E-state index is 12.3. The third kappa shape index (κ3) is 2.37. The normalized spacial score (nSPS) is 16.2. The molecule has 20 heavy (non-hydrogen) atoms. The van der Waals surface area contributed by atoms with Crippen LogP contribution in [-0.4, -0.2) is 15.8 Å². The highest BCUT2D eigenvalue weighted by Gasteiger charge is 2.34. The molecule has 0 saturated heterocycles. The number of hydrogen-bond acceptors (Lipinski definition) is 4. The van der Waals surface area contributed by atoms with E-state index in [1.807, 2.05) is 26.0 Å². The lowest BCUT2D eigenvalue weighted by Gasteiger charge is -2.28. The molecule has 0 aromatic carbocycles. The number of rotatable bonds is 0. The zero-order valence-corrected chi connectivity index (χ0v) is 12.3. The van der Waals surface area contributed by atoms with Crippen LogP contribution in [0, 0.1) is 17.3 Å². The standard InChI is InChI=1S/C16H14N2OS/c1-16(2)8-7-14-13(15(16)19)6-4-11(18-14)3-5-12-9-17-10-20-12/h4,6,9-10H,7-8H2,1-2H3. The average Bonchev–Trinajstić information content (AvgIpc) is 2.94. The van der Waals surface area contributed by atoms with Gasteiger partial charge in [0.1, 0.15) is 5.69 Å². The molecule has 3 rings (SSSR count). The molecule has 1 aliphatic carbocycles. The maximum Gasteiger partial charge on any atom is 0.170 e. The number of Topliss-reactive ketones (excluding diaryl/α,β-unsaturated/α-hetero) is 1. The molecule has 2 heterocycles. The van der Waals surface area contributed by atoms with Crippen molar-refractivity contribution in [2.24, 2.45) is 5.41 Å². The largest absolute Gasteiger partial charge is 0.294 e. The third-order valence-electron chi connectivity index (χ3n) is 3.57. The van der Waals surface area contributed by atoms with Gasteiger partial charge in [-0.1, -0.05) is 13.8 Å². The first kappa shape index (κ1) is 13.0. The van der Waals surface area contributed by atoms with E-state index in [9.17, 15) is 4.79 Å². The number of fused-ring (bicyclic) bond motifs is 1. The number of pyridine rings is 1. The van der Waals surface area contributed by atoms with Crippen LogP contribution in [0.15, 0.2) is 23.8 Å². The van der Waals surface area contributed by atoms with Crippen LogP contribution < -0.4 is 0 Å². The quantitative estimate of drug-likeness (QED) is 0.697. The van der Waals surface area contributed by atoms with Crippen LogP contribution >= 0.6 is 11.3 Å². The Kier molecular flexibility index (Phi) is 3.15. The van der Waals surface area contributed by atoms with E-state index in [0.29, 0.717) is 5.69 Å². The summed E-state index contributed by atoms with van der Waals surface area (Å²) in [5, 5.41) is 0. The first-order valence-electron chi connectivity index (χ1n) is 6.51. The fourth-order valence-electron chi connectivity index (χ4n) is 2.28. The molecule has 0 N–H and O–H groups in total. The van der Waals surface area contributed by atoms with Gasteiger partial charge in [-0.2, -0.15) is 0 Å². The Morgan fingerprint density at radius 2 is 2.15 bits per heavy atom. The van der Waals surface area contributed by atoms with Gasteiger partial charge in [-0.3, -0.25) is 9.78 Å². The molecule has 4 heteroatoms. The number of hydrogen-bond donors (Lipinski definition) is 0. The highest BCUT2D eigenvalue weighted by molar-refractivity contribution is 7.10. The molecule has 2 aromatic rings. The summed E-state index contributed by atoms with van der Waals surface area (Å²) in [4.78, 5) is 21.7. The van der Waals surface area contributed by atoms with Gasteiger partial charge in [0.15, 0.2) is 5.78 Å². The Labute approximate surface area is 122 Å². The van der Waals surface area contributed by atoms with E-state index in [-0.39, 0.29) is 11.2 Å². The summed E-state index contributed by atoms with van der Waals surface area (Å²) in [6, 6.07) is 3.69. The van der Waals surface area contributed by atoms with Gasteiger partial charge in [0, 0.05) is 11.0 Å². The van der Waals surface area contributed by atoms with Gasteiger partial charge in [0.25, 0.3) is 0 Å². The molecule has 0 spiro atoms. The van der Waals surface area contributed by atoms with E-state index >= 15 is 0 Å². The van der Waals surface area contributed by atoms with Gasteiger partial charge in [-0.15, -0.1) is 11.3 Å². The second-order valence-corrected chi connectivity index (χ2v) is 6.41. The van der Waals surface area contributed by atoms with Crippen molar-refractivity contribution in [3.05, 3.63) is 45.7 Å². The molecule has 0 unspecified atom stereocenters. The number of carbonyl (C=O) groups is 1. The summed E-state index contributed by atoms with van der Waals surface area (Å²) < 4.78 is 0.